The lowest BCUT2D eigenvalue weighted by Crippen LogP contribution is -2.42. The van der Waals surface area contributed by atoms with E-state index in [2.05, 4.69) is 25.7 Å². The lowest BCUT2D eigenvalue weighted by atomic mass is 10.1. The molecule has 0 radical (unpaired) electrons. The highest BCUT2D eigenvalue weighted by molar-refractivity contribution is 5.80. The fraction of sp³-hybridized carbons (Fsp3) is 0.824. The Morgan fingerprint density at radius 3 is 3.16 bits per heavy atom. The molecule has 3 rings (SSSR count). The van der Waals surface area contributed by atoms with Crippen LogP contribution in [0.15, 0.2) is 4.99 Å². The zero-order chi connectivity index (χ0) is 17.5. The van der Waals surface area contributed by atoms with E-state index in [-0.39, 0.29) is 6.04 Å². The standard InChI is InChI=1S/C17H30N6O2/c1-13-20-16-15(5-3-8-23(16)22-13)21-17(18-2)19-7-4-9-24-11-14-6-10-25-12-14/h14-15H,3-12H2,1-2H3,(H2,18,19,21). The van der Waals surface area contributed by atoms with Crippen LogP contribution in [0.25, 0.3) is 0 Å². The predicted octanol–water partition coefficient (Wildman–Crippen LogP) is 1.03. The monoisotopic (exact) mass is 350 g/mol. The molecule has 0 saturated carbocycles. The number of guanidine groups is 1. The molecule has 2 atom stereocenters. The van der Waals surface area contributed by atoms with Crippen LogP contribution in [0.1, 0.15) is 43.4 Å². The summed E-state index contributed by atoms with van der Waals surface area (Å²) in [5.74, 6) is 3.23. The van der Waals surface area contributed by atoms with Crippen LogP contribution in [0, 0.1) is 12.8 Å². The van der Waals surface area contributed by atoms with E-state index in [0.29, 0.717) is 5.92 Å². The molecule has 2 aliphatic rings. The average molecular weight is 350 g/mol. The molecule has 2 aliphatic heterocycles. The Kier molecular flexibility index (Phi) is 6.63. The number of aromatic nitrogens is 3. The molecule has 1 aromatic heterocycles. The number of nitrogens with one attached hydrogen (secondary N) is 2. The molecule has 0 bridgehead atoms. The van der Waals surface area contributed by atoms with Gasteiger partial charge < -0.3 is 20.1 Å². The van der Waals surface area contributed by atoms with Crippen LogP contribution in [0.4, 0.5) is 0 Å². The summed E-state index contributed by atoms with van der Waals surface area (Å²) >= 11 is 0. The highest BCUT2D eigenvalue weighted by Gasteiger charge is 2.24. The summed E-state index contributed by atoms with van der Waals surface area (Å²) in [7, 11) is 1.80. The van der Waals surface area contributed by atoms with Gasteiger partial charge in [0, 0.05) is 39.3 Å². The maximum absolute atomic E-state index is 5.73. The Balaban J connectivity index is 1.35. The molecular weight excluding hydrogens is 320 g/mol. The van der Waals surface area contributed by atoms with Gasteiger partial charge in [-0.1, -0.05) is 0 Å². The molecule has 25 heavy (non-hydrogen) atoms. The second-order valence-corrected chi connectivity index (χ2v) is 6.74. The van der Waals surface area contributed by atoms with Crippen LogP contribution >= 0.6 is 0 Å². The van der Waals surface area contributed by atoms with E-state index in [1.165, 1.54) is 0 Å². The van der Waals surface area contributed by atoms with E-state index in [0.717, 1.165) is 82.8 Å². The van der Waals surface area contributed by atoms with Gasteiger partial charge in [-0.2, -0.15) is 5.10 Å². The van der Waals surface area contributed by atoms with Crippen molar-refractivity contribution in [2.75, 3.05) is 40.0 Å². The van der Waals surface area contributed by atoms with Crippen LogP contribution in [-0.4, -0.2) is 60.7 Å². The van der Waals surface area contributed by atoms with Gasteiger partial charge in [0.1, 0.15) is 11.6 Å². The molecular formula is C17H30N6O2. The van der Waals surface area contributed by atoms with Gasteiger partial charge in [0.15, 0.2) is 5.96 Å². The van der Waals surface area contributed by atoms with Crippen molar-refractivity contribution in [1.82, 2.24) is 25.4 Å². The molecule has 3 heterocycles. The van der Waals surface area contributed by atoms with Gasteiger partial charge in [0.25, 0.3) is 0 Å². The summed E-state index contributed by atoms with van der Waals surface area (Å²) in [4.78, 5) is 8.88. The third-order valence-corrected chi connectivity index (χ3v) is 4.65. The first kappa shape index (κ1) is 18.1. The zero-order valence-electron chi connectivity index (χ0n) is 15.3. The van der Waals surface area contributed by atoms with Crippen molar-refractivity contribution >= 4 is 5.96 Å². The Morgan fingerprint density at radius 1 is 1.44 bits per heavy atom. The molecule has 2 N–H and O–H groups in total. The maximum Gasteiger partial charge on any atom is 0.191 e. The van der Waals surface area contributed by atoms with E-state index >= 15 is 0 Å². The van der Waals surface area contributed by atoms with Crippen molar-refractivity contribution in [2.24, 2.45) is 10.9 Å². The molecule has 0 aliphatic carbocycles. The van der Waals surface area contributed by atoms with E-state index in [1.807, 2.05) is 11.6 Å². The normalized spacial score (nSPS) is 23.5. The van der Waals surface area contributed by atoms with Crippen molar-refractivity contribution < 1.29 is 9.47 Å². The van der Waals surface area contributed by atoms with Crippen molar-refractivity contribution in [3.05, 3.63) is 11.6 Å². The third-order valence-electron chi connectivity index (χ3n) is 4.65. The van der Waals surface area contributed by atoms with Crippen molar-refractivity contribution in [3.8, 4) is 0 Å². The smallest absolute Gasteiger partial charge is 0.191 e. The molecule has 8 nitrogen and oxygen atoms in total. The van der Waals surface area contributed by atoms with E-state index in [9.17, 15) is 0 Å². The Labute approximate surface area is 149 Å². The lowest BCUT2D eigenvalue weighted by Gasteiger charge is -2.25. The van der Waals surface area contributed by atoms with Gasteiger partial charge >= 0.3 is 0 Å². The van der Waals surface area contributed by atoms with Gasteiger partial charge in [-0.3, -0.25) is 4.99 Å². The minimum Gasteiger partial charge on any atom is -0.381 e. The quantitative estimate of drug-likeness (QED) is 0.434. The minimum absolute atomic E-state index is 0.166. The van der Waals surface area contributed by atoms with Gasteiger partial charge in [-0.05, 0) is 32.6 Å². The molecule has 1 saturated heterocycles. The maximum atomic E-state index is 5.73. The van der Waals surface area contributed by atoms with Gasteiger partial charge in [-0.15, -0.1) is 0 Å². The van der Waals surface area contributed by atoms with Crippen LogP contribution in [0.5, 0.6) is 0 Å². The number of aryl methyl sites for hydroxylation is 2. The Hall–Kier alpha value is -1.67. The molecule has 0 aromatic carbocycles. The fourth-order valence-corrected chi connectivity index (χ4v) is 3.31. The van der Waals surface area contributed by atoms with Crippen LogP contribution in [0.2, 0.25) is 0 Å². The second kappa shape index (κ2) is 9.15. The number of nitrogens with zero attached hydrogens (tertiary/aromatic N) is 4. The van der Waals surface area contributed by atoms with Gasteiger partial charge in [0.05, 0.1) is 19.3 Å². The third kappa shape index (κ3) is 5.15. The number of hydrogen-bond donors (Lipinski definition) is 2. The minimum atomic E-state index is 0.166. The second-order valence-electron chi connectivity index (χ2n) is 6.74. The summed E-state index contributed by atoms with van der Waals surface area (Å²) in [6.07, 6.45) is 4.23. The largest absolute Gasteiger partial charge is 0.381 e. The first-order chi connectivity index (χ1) is 12.3. The first-order valence-corrected chi connectivity index (χ1v) is 9.30. The summed E-state index contributed by atoms with van der Waals surface area (Å²) in [5, 5.41) is 11.3. The van der Waals surface area contributed by atoms with E-state index in [4.69, 9.17) is 9.47 Å². The summed E-state index contributed by atoms with van der Waals surface area (Å²) in [6, 6.07) is 0.166. The Bertz CT molecular complexity index is 567. The van der Waals surface area contributed by atoms with E-state index in [1.54, 1.807) is 7.05 Å². The highest BCUT2D eigenvalue weighted by Crippen LogP contribution is 2.22. The number of hydrogen-bond acceptors (Lipinski definition) is 5. The zero-order valence-corrected chi connectivity index (χ0v) is 15.3. The molecule has 2 unspecified atom stereocenters. The molecule has 1 fully saturated rings. The molecule has 0 amide bonds. The highest BCUT2D eigenvalue weighted by atomic mass is 16.5. The number of aliphatic imine (C=N–C) groups is 1. The average Bonchev–Trinajstić information content (AvgIpc) is 3.25. The number of fused-ring (bicyclic) bond motifs is 1. The summed E-state index contributed by atoms with van der Waals surface area (Å²) in [6.45, 7) is 7.02. The van der Waals surface area contributed by atoms with Crippen molar-refractivity contribution in [3.63, 3.8) is 0 Å². The van der Waals surface area contributed by atoms with Crippen LogP contribution < -0.4 is 10.6 Å². The van der Waals surface area contributed by atoms with Crippen LogP contribution in [0.3, 0.4) is 0 Å². The van der Waals surface area contributed by atoms with Gasteiger partial charge in [0.2, 0.25) is 0 Å². The summed E-state index contributed by atoms with van der Waals surface area (Å²) in [5.41, 5.74) is 0. The SMILES string of the molecule is CN=C(NCCCOCC1CCOC1)NC1CCCn2nc(C)nc21. The molecule has 1 aromatic rings. The predicted molar refractivity (Wildman–Crippen MR) is 95.6 cm³/mol. The molecule has 140 valence electrons. The molecule has 0 spiro atoms. The molecule has 8 heteroatoms. The van der Waals surface area contributed by atoms with Gasteiger partial charge in [-0.25, -0.2) is 9.67 Å². The van der Waals surface area contributed by atoms with E-state index < -0.39 is 0 Å². The Morgan fingerprint density at radius 2 is 2.36 bits per heavy atom. The number of rotatable bonds is 7. The fourth-order valence-electron chi connectivity index (χ4n) is 3.31. The topological polar surface area (TPSA) is 85.6 Å². The number of ether oxygens (including phenoxy) is 2. The van der Waals surface area contributed by atoms with Crippen molar-refractivity contribution in [1.29, 1.82) is 0 Å². The van der Waals surface area contributed by atoms with Crippen LogP contribution in [-0.2, 0) is 16.0 Å². The first-order valence-electron chi connectivity index (χ1n) is 9.30. The summed E-state index contributed by atoms with van der Waals surface area (Å²) < 4.78 is 13.1. The van der Waals surface area contributed by atoms with Crippen molar-refractivity contribution in [2.45, 2.75) is 45.2 Å². The lowest BCUT2D eigenvalue weighted by molar-refractivity contribution is 0.0888.